The van der Waals surface area contributed by atoms with Crippen molar-refractivity contribution in [3.63, 3.8) is 0 Å². The number of amides is 2. The van der Waals surface area contributed by atoms with Gasteiger partial charge in [0.1, 0.15) is 23.8 Å². The Morgan fingerprint density at radius 1 is 1.28 bits per heavy atom. The van der Waals surface area contributed by atoms with Crippen LogP contribution in [-0.4, -0.2) is 73.8 Å². The molecule has 0 aromatic carbocycles. The van der Waals surface area contributed by atoms with Gasteiger partial charge in [-0.2, -0.15) is 0 Å². The Labute approximate surface area is 191 Å². The summed E-state index contributed by atoms with van der Waals surface area (Å²) in [5, 5.41) is 2.81. The van der Waals surface area contributed by atoms with E-state index in [1.807, 2.05) is 19.9 Å². The fourth-order valence-corrected chi connectivity index (χ4v) is 5.97. The summed E-state index contributed by atoms with van der Waals surface area (Å²) in [4.78, 5) is 28.1. The van der Waals surface area contributed by atoms with Crippen LogP contribution >= 0.6 is 0 Å². The number of likely N-dealkylation sites (tertiary alicyclic amines) is 1. The van der Waals surface area contributed by atoms with E-state index < -0.39 is 29.1 Å². The van der Waals surface area contributed by atoms with E-state index in [2.05, 4.69) is 18.5 Å². The maximum Gasteiger partial charge on any atom is 0.407 e. The number of hydrogen-bond donors (Lipinski definition) is 1. The molecule has 0 aromatic rings. The third kappa shape index (κ3) is 3.47. The third-order valence-corrected chi connectivity index (χ3v) is 7.72. The van der Waals surface area contributed by atoms with Crippen molar-refractivity contribution in [1.82, 2.24) is 10.2 Å². The van der Waals surface area contributed by atoms with Gasteiger partial charge in [-0.05, 0) is 32.1 Å². The summed E-state index contributed by atoms with van der Waals surface area (Å²) in [6, 6.07) is -0.712. The molecule has 2 saturated heterocycles. The van der Waals surface area contributed by atoms with Gasteiger partial charge in [-0.3, -0.25) is 4.79 Å². The van der Waals surface area contributed by atoms with Gasteiger partial charge in [-0.25, -0.2) is 4.79 Å². The predicted octanol–water partition coefficient (Wildman–Crippen LogP) is 3.03. The zero-order valence-electron chi connectivity index (χ0n) is 19.9. The molecule has 0 bridgehead atoms. The van der Waals surface area contributed by atoms with Gasteiger partial charge in [0.2, 0.25) is 11.7 Å². The number of fused-ring (bicyclic) bond motifs is 1. The van der Waals surface area contributed by atoms with Gasteiger partial charge < -0.3 is 29.2 Å². The molecule has 1 saturated carbocycles. The topological polar surface area (TPSA) is 86.3 Å². The fourth-order valence-electron chi connectivity index (χ4n) is 5.97. The standard InChI is InChI=1S/C24H38N2O6/c1-7-14-31-24(30-6)16-32-22(4)18(8-2)15-26(23(22,24)9-3)20(27)19(25-21(28)29-5)17-12-10-11-13-17/h8-9,17-19H,2-3,7,10-16H2,1,4-6H3,(H,25,28). The van der Waals surface area contributed by atoms with Crippen LogP contribution in [0.5, 0.6) is 0 Å². The number of carbonyl (C=O) groups excluding carboxylic acids is 2. The summed E-state index contributed by atoms with van der Waals surface area (Å²) < 4.78 is 23.5. The molecule has 5 atom stereocenters. The first-order chi connectivity index (χ1) is 15.3. The van der Waals surface area contributed by atoms with E-state index in [4.69, 9.17) is 18.9 Å². The monoisotopic (exact) mass is 450 g/mol. The molecule has 32 heavy (non-hydrogen) atoms. The van der Waals surface area contributed by atoms with E-state index in [1.54, 1.807) is 18.1 Å². The van der Waals surface area contributed by atoms with Crippen LogP contribution in [0, 0.1) is 11.8 Å². The molecule has 2 aliphatic heterocycles. The molecule has 0 aromatic heterocycles. The van der Waals surface area contributed by atoms with Gasteiger partial charge >= 0.3 is 6.09 Å². The Kier molecular flexibility index (Phi) is 7.37. The Morgan fingerprint density at radius 3 is 2.50 bits per heavy atom. The van der Waals surface area contributed by atoms with Crippen LogP contribution in [0.1, 0.15) is 46.0 Å². The molecular formula is C24H38N2O6. The molecule has 3 rings (SSSR count). The Morgan fingerprint density at radius 2 is 1.97 bits per heavy atom. The average Bonchev–Trinajstić information content (AvgIpc) is 3.48. The molecule has 180 valence electrons. The van der Waals surface area contributed by atoms with Gasteiger partial charge in [-0.15, -0.1) is 13.2 Å². The molecule has 0 spiro atoms. The Hall–Kier alpha value is -1.90. The zero-order chi connectivity index (χ0) is 23.6. The summed E-state index contributed by atoms with van der Waals surface area (Å²) in [7, 11) is 2.87. The first kappa shape index (κ1) is 24.7. The van der Waals surface area contributed by atoms with Crippen molar-refractivity contribution in [3.8, 4) is 0 Å². The highest BCUT2D eigenvalue weighted by Crippen LogP contribution is 2.58. The SMILES string of the molecule is C=CC1CN(C(=O)C(NC(=O)OC)C2CCCC2)C2(C=C)C(OC)(OCCC)COC12C. The Bertz CT molecular complexity index is 738. The van der Waals surface area contributed by atoms with Crippen molar-refractivity contribution >= 4 is 12.0 Å². The van der Waals surface area contributed by atoms with Crippen LogP contribution in [0.25, 0.3) is 0 Å². The summed E-state index contributed by atoms with van der Waals surface area (Å²) in [6.45, 7) is 13.1. The normalized spacial score (nSPS) is 35.4. The van der Waals surface area contributed by atoms with E-state index in [-0.39, 0.29) is 24.3 Å². The third-order valence-electron chi connectivity index (χ3n) is 7.72. The number of ether oxygens (including phenoxy) is 4. The molecule has 8 heteroatoms. The minimum Gasteiger partial charge on any atom is -0.453 e. The molecule has 2 amide bonds. The molecule has 0 radical (unpaired) electrons. The number of nitrogens with one attached hydrogen (secondary N) is 1. The number of methoxy groups -OCH3 is 2. The highest BCUT2D eigenvalue weighted by Gasteiger charge is 2.77. The lowest BCUT2D eigenvalue weighted by Crippen LogP contribution is -2.70. The van der Waals surface area contributed by atoms with Gasteiger partial charge in [0, 0.05) is 26.2 Å². The van der Waals surface area contributed by atoms with Crippen LogP contribution < -0.4 is 5.32 Å². The van der Waals surface area contributed by atoms with Crippen LogP contribution in [0.15, 0.2) is 25.3 Å². The van der Waals surface area contributed by atoms with E-state index >= 15 is 0 Å². The molecule has 2 heterocycles. The second-order valence-electron chi connectivity index (χ2n) is 9.12. The van der Waals surface area contributed by atoms with Gasteiger partial charge in [0.15, 0.2) is 0 Å². The van der Waals surface area contributed by atoms with E-state index in [0.29, 0.717) is 13.2 Å². The highest BCUT2D eigenvalue weighted by molar-refractivity contribution is 5.88. The van der Waals surface area contributed by atoms with E-state index in [1.165, 1.54) is 7.11 Å². The lowest BCUT2D eigenvalue weighted by molar-refractivity contribution is -0.259. The quantitative estimate of drug-likeness (QED) is 0.429. The summed E-state index contributed by atoms with van der Waals surface area (Å²) >= 11 is 0. The largest absolute Gasteiger partial charge is 0.453 e. The van der Waals surface area contributed by atoms with Gasteiger partial charge in [0.05, 0.1) is 7.11 Å². The first-order valence-corrected chi connectivity index (χ1v) is 11.6. The first-order valence-electron chi connectivity index (χ1n) is 11.6. The lowest BCUT2D eigenvalue weighted by atomic mass is 9.73. The van der Waals surface area contributed by atoms with Crippen LogP contribution in [0.4, 0.5) is 4.79 Å². The number of hydrogen-bond acceptors (Lipinski definition) is 6. The molecule has 8 nitrogen and oxygen atoms in total. The van der Waals surface area contributed by atoms with E-state index in [0.717, 1.165) is 32.1 Å². The second kappa shape index (κ2) is 9.53. The summed E-state index contributed by atoms with van der Waals surface area (Å²) in [6.07, 6.45) is 7.50. The lowest BCUT2D eigenvalue weighted by Gasteiger charge is -2.49. The maximum absolute atomic E-state index is 14.2. The van der Waals surface area contributed by atoms with E-state index in [9.17, 15) is 9.59 Å². The minimum atomic E-state index is -1.22. The number of carbonyl (C=O) groups is 2. The Balaban J connectivity index is 2.09. The maximum atomic E-state index is 14.2. The van der Waals surface area contributed by atoms with Crippen molar-refractivity contribution in [2.75, 3.05) is 34.0 Å². The van der Waals surface area contributed by atoms with Crippen molar-refractivity contribution < 1.29 is 28.5 Å². The van der Waals surface area contributed by atoms with Crippen molar-refractivity contribution in [3.05, 3.63) is 25.3 Å². The predicted molar refractivity (Wildman–Crippen MR) is 120 cm³/mol. The van der Waals surface area contributed by atoms with Gasteiger partial charge in [-0.1, -0.05) is 31.9 Å². The van der Waals surface area contributed by atoms with Crippen molar-refractivity contribution in [2.24, 2.45) is 11.8 Å². The van der Waals surface area contributed by atoms with Crippen molar-refractivity contribution in [1.29, 1.82) is 0 Å². The molecular weight excluding hydrogens is 412 g/mol. The molecule has 1 aliphatic carbocycles. The summed E-state index contributed by atoms with van der Waals surface area (Å²) in [5.74, 6) is -1.56. The fraction of sp³-hybridized carbons (Fsp3) is 0.750. The van der Waals surface area contributed by atoms with Crippen LogP contribution in [-0.2, 0) is 23.7 Å². The summed E-state index contributed by atoms with van der Waals surface area (Å²) in [5.41, 5.74) is -1.95. The van der Waals surface area contributed by atoms with Crippen LogP contribution in [0.3, 0.4) is 0 Å². The van der Waals surface area contributed by atoms with Crippen LogP contribution in [0.2, 0.25) is 0 Å². The average molecular weight is 451 g/mol. The van der Waals surface area contributed by atoms with Gasteiger partial charge in [0.25, 0.3) is 0 Å². The second-order valence-corrected chi connectivity index (χ2v) is 9.12. The molecule has 3 fully saturated rings. The number of alkyl carbamates (subject to hydrolysis) is 1. The smallest absolute Gasteiger partial charge is 0.407 e. The number of nitrogens with zero attached hydrogens (tertiary/aromatic N) is 1. The minimum absolute atomic E-state index is 0.0355. The van der Waals surface area contributed by atoms with Crippen molar-refractivity contribution in [2.45, 2.75) is 68.9 Å². The molecule has 3 aliphatic rings. The highest BCUT2D eigenvalue weighted by atomic mass is 16.7. The molecule has 1 N–H and O–H groups in total. The zero-order valence-corrected chi connectivity index (χ0v) is 19.9. The molecule has 5 unspecified atom stereocenters. The number of rotatable bonds is 9.